The van der Waals surface area contributed by atoms with E-state index < -0.39 is 0 Å². The predicted octanol–water partition coefficient (Wildman–Crippen LogP) is 2.00. The summed E-state index contributed by atoms with van der Waals surface area (Å²) >= 11 is 0. The van der Waals surface area contributed by atoms with Gasteiger partial charge in [0.15, 0.2) is 0 Å². The fourth-order valence-electron chi connectivity index (χ4n) is 3.33. The van der Waals surface area contributed by atoms with Crippen LogP contribution >= 0.6 is 0 Å². The van der Waals surface area contributed by atoms with Crippen molar-refractivity contribution < 1.29 is 4.74 Å². The van der Waals surface area contributed by atoms with E-state index in [1.165, 1.54) is 32.4 Å². The zero-order valence-corrected chi connectivity index (χ0v) is 11.5. The van der Waals surface area contributed by atoms with E-state index in [-0.39, 0.29) is 11.6 Å². The first-order valence-electron chi connectivity index (χ1n) is 7.21. The molecule has 3 heteroatoms. The van der Waals surface area contributed by atoms with Crippen LogP contribution in [-0.2, 0) is 4.74 Å². The summed E-state index contributed by atoms with van der Waals surface area (Å²) in [6.45, 7) is 8.91. The molecule has 2 saturated heterocycles. The Balaban J connectivity index is 1.96. The van der Waals surface area contributed by atoms with Crippen molar-refractivity contribution in [3.8, 4) is 0 Å². The summed E-state index contributed by atoms with van der Waals surface area (Å²) in [6.07, 6.45) is 6.34. The number of hydrogen-bond acceptors (Lipinski definition) is 3. The topological polar surface area (TPSA) is 38.5 Å². The van der Waals surface area contributed by atoms with Crippen LogP contribution in [-0.4, -0.2) is 42.8 Å². The minimum Gasteiger partial charge on any atom is -0.381 e. The second-order valence-corrected chi connectivity index (χ2v) is 6.18. The minimum atomic E-state index is 0.141. The highest BCUT2D eigenvalue weighted by Gasteiger charge is 2.38. The lowest BCUT2D eigenvalue weighted by molar-refractivity contribution is 0.0103. The highest BCUT2D eigenvalue weighted by molar-refractivity contribution is 4.96. The summed E-state index contributed by atoms with van der Waals surface area (Å²) in [5.74, 6) is 0.640. The zero-order valence-electron chi connectivity index (χ0n) is 11.5. The molecule has 1 unspecified atom stereocenters. The minimum absolute atomic E-state index is 0.141. The van der Waals surface area contributed by atoms with E-state index >= 15 is 0 Å². The SMILES string of the molecule is CC(C)(C(N)C1CCOCC1)N1CCCCC1. The van der Waals surface area contributed by atoms with Crippen molar-refractivity contribution in [2.45, 2.75) is 57.5 Å². The molecule has 2 aliphatic heterocycles. The summed E-state index contributed by atoms with van der Waals surface area (Å²) in [5, 5.41) is 0. The van der Waals surface area contributed by atoms with Crippen molar-refractivity contribution in [3.63, 3.8) is 0 Å². The van der Waals surface area contributed by atoms with Gasteiger partial charge in [0.1, 0.15) is 0 Å². The Morgan fingerprint density at radius 2 is 1.71 bits per heavy atom. The van der Waals surface area contributed by atoms with Gasteiger partial charge >= 0.3 is 0 Å². The molecule has 0 bridgehead atoms. The van der Waals surface area contributed by atoms with E-state index in [1.54, 1.807) is 0 Å². The van der Waals surface area contributed by atoms with Crippen molar-refractivity contribution in [1.29, 1.82) is 0 Å². The Bertz CT molecular complexity index is 230. The molecule has 0 spiro atoms. The van der Waals surface area contributed by atoms with E-state index in [2.05, 4.69) is 18.7 Å². The van der Waals surface area contributed by atoms with Crippen LogP contribution in [0.5, 0.6) is 0 Å². The molecule has 0 aromatic heterocycles. The van der Waals surface area contributed by atoms with Gasteiger partial charge in [0.05, 0.1) is 0 Å². The monoisotopic (exact) mass is 240 g/mol. The van der Waals surface area contributed by atoms with Gasteiger partial charge in [-0.25, -0.2) is 0 Å². The molecule has 2 N–H and O–H groups in total. The largest absolute Gasteiger partial charge is 0.381 e. The fraction of sp³-hybridized carbons (Fsp3) is 1.00. The molecule has 1 atom stereocenters. The Morgan fingerprint density at radius 1 is 1.12 bits per heavy atom. The number of likely N-dealkylation sites (tertiary alicyclic amines) is 1. The molecule has 2 heterocycles. The van der Waals surface area contributed by atoms with Gasteiger partial charge in [-0.05, 0) is 58.5 Å². The molecule has 0 aromatic rings. The molecule has 0 aromatic carbocycles. The molecule has 17 heavy (non-hydrogen) atoms. The van der Waals surface area contributed by atoms with E-state index in [1.807, 2.05) is 0 Å². The molecule has 2 aliphatic rings. The maximum absolute atomic E-state index is 6.56. The van der Waals surface area contributed by atoms with E-state index in [0.29, 0.717) is 5.92 Å². The molecule has 2 rings (SSSR count). The summed E-state index contributed by atoms with van der Waals surface area (Å²) in [4.78, 5) is 2.61. The molecule has 2 fully saturated rings. The van der Waals surface area contributed by atoms with Crippen molar-refractivity contribution >= 4 is 0 Å². The van der Waals surface area contributed by atoms with Crippen LogP contribution in [0.3, 0.4) is 0 Å². The third kappa shape index (κ3) is 3.01. The molecule has 0 saturated carbocycles. The second kappa shape index (κ2) is 5.68. The summed E-state index contributed by atoms with van der Waals surface area (Å²) in [7, 11) is 0. The normalized spacial score (nSPS) is 27.0. The molecule has 0 amide bonds. The van der Waals surface area contributed by atoms with Crippen molar-refractivity contribution in [3.05, 3.63) is 0 Å². The first kappa shape index (κ1) is 13.3. The highest BCUT2D eigenvalue weighted by Crippen LogP contribution is 2.30. The maximum Gasteiger partial charge on any atom is 0.0469 e. The summed E-state index contributed by atoms with van der Waals surface area (Å²) in [5.41, 5.74) is 6.70. The number of ether oxygens (including phenoxy) is 1. The van der Waals surface area contributed by atoms with Crippen LogP contribution in [0.25, 0.3) is 0 Å². The number of nitrogens with zero attached hydrogens (tertiary/aromatic N) is 1. The Kier molecular flexibility index (Phi) is 4.45. The zero-order chi connectivity index (χ0) is 12.3. The van der Waals surface area contributed by atoms with Gasteiger partial charge in [-0.3, -0.25) is 4.90 Å². The third-order valence-electron chi connectivity index (χ3n) is 4.76. The lowest BCUT2D eigenvalue weighted by atomic mass is 9.79. The smallest absolute Gasteiger partial charge is 0.0469 e. The van der Waals surface area contributed by atoms with Crippen LogP contribution in [0, 0.1) is 5.92 Å². The van der Waals surface area contributed by atoms with Gasteiger partial charge in [0.25, 0.3) is 0 Å². The Hall–Kier alpha value is -0.120. The maximum atomic E-state index is 6.56. The van der Waals surface area contributed by atoms with Crippen molar-refractivity contribution in [1.82, 2.24) is 4.90 Å². The van der Waals surface area contributed by atoms with Crippen LogP contribution in [0.4, 0.5) is 0 Å². The lowest BCUT2D eigenvalue weighted by Gasteiger charge is -2.47. The molecule has 3 nitrogen and oxygen atoms in total. The van der Waals surface area contributed by atoms with Crippen LogP contribution in [0.15, 0.2) is 0 Å². The molecular formula is C14H28N2O. The van der Waals surface area contributed by atoms with Gasteiger partial charge in [0, 0.05) is 24.8 Å². The fourth-order valence-corrected chi connectivity index (χ4v) is 3.33. The van der Waals surface area contributed by atoms with E-state index in [9.17, 15) is 0 Å². The van der Waals surface area contributed by atoms with Gasteiger partial charge < -0.3 is 10.5 Å². The van der Waals surface area contributed by atoms with Gasteiger partial charge in [-0.15, -0.1) is 0 Å². The number of nitrogens with two attached hydrogens (primary N) is 1. The van der Waals surface area contributed by atoms with Gasteiger partial charge in [0.2, 0.25) is 0 Å². The number of hydrogen-bond donors (Lipinski definition) is 1. The molecule has 0 aliphatic carbocycles. The first-order valence-corrected chi connectivity index (χ1v) is 7.21. The third-order valence-corrected chi connectivity index (χ3v) is 4.76. The van der Waals surface area contributed by atoms with Crippen molar-refractivity contribution in [2.24, 2.45) is 11.7 Å². The second-order valence-electron chi connectivity index (χ2n) is 6.18. The van der Waals surface area contributed by atoms with Gasteiger partial charge in [-0.1, -0.05) is 6.42 Å². The Labute approximate surface area is 106 Å². The summed E-state index contributed by atoms with van der Waals surface area (Å²) in [6, 6.07) is 0.282. The average Bonchev–Trinajstić information content (AvgIpc) is 2.40. The summed E-state index contributed by atoms with van der Waals surface area (Å²) < 4.78 is 5.44. The average molecular weight is 240 g/mol. The van der Waals surface area contributed by atoms with Crippen molar-refractivity contribution in [2.75, 3.05) is 26.3 Å². The lowest BCUT2D eigenvalue weighted by Crippen LogP contribution is -2.60. The quantitative estimate of drug-likeness (QED) is 0.820. The standard InChI is InChI=1S/C14H28N2O/c1-14(2,16-8-4-3-5-9-16)13(15)12-6-10-17-11-7-12/h12-13H,3-11,15H2,1-2H3. The van der Waals surface area contributed by atoms with E-state index in [4.69, 9.17) is 10.5 Å². The molecular weight excluding hydrogens is 212 g/mol. The molecule has 100 valence electrons. The number of piperidine rings is 1. The van der Waals surface area contributed by atoms with Crippen LogP contribution in [0.2, 0.25) is 0 Å². The van der Waals surface area contributed by atoms with Crippen LogP contribution < -0.4 is 5.73 Å². The number of rotatable bonds is 3. The first-order chi connectivity index (χ1) is 8.12. The highest BCUT2D eigenvalue weighted by atomic mass is 16.5. The van der Waals surface area contributed by atoms with E-state index in [0.717, 1.165) is 26.1 Å². The predicted molar refractivity (Wildman–Crippen MR) is 71.0 cm³/mol. The molecule has 0 radical (unpaired) electrons. The van der Waals surface area contributed by atoms with Gasteiger partial charge in [-0.2, -0.15) is 0 Å². The Morgan fingerprint density at radius 3 is 2.29 bits per heavy atom. The van der Waals surface area contributed by atoms with Crippen LogP contribution in [0.1, 0.15) is 46.0 Å².